The van der Waals surface area contributed by atoms with Crippen LogP contribution in [0.1, 0.15) is 31.2 Å². The van der Waals surface area contributed by atoms with Crippen LogP contribution in [0, 0.1) is 0 Å². The molecule has 154 valence electrons. The molecule has 7 heteroatoms. The molecule has 0 radical (unpaired) electrons. The van der Waals surface area contributed by atoms with Gasteiger partial charge in [0, 0.05) is 19.6 Å². The zero-order valence-electron chi connectivity index (χ0n) is 16.7. The zero-order valence-corrected chi connectivity index (χ0v) is 17.5. The SMILES string of the molecule is C=CCN(C1CCCC1)S(=O)(=O)C1CON(C)C1/C=C/c1ccc(OC)cc1. The van der Waals surface area contributed by atoms with E-state index in [4.69, 9.17) is 9.57 Å². The lowest BCUT2D eigenvalue weighted by Gasteiger charge is -2.31. The van der Waals surface area contributed by atoms with Gasteiger partial charge in [0.1, 0.15) is 11.0 Å². The van der Waals surface area contributed by atoms with E-state index < -0.39 is 15.3 Å². The van der Waals surface area contributed by atoms with Crippen molar-refractivity contribution in [3.05, 3.63) is 48.6 Å². The normalized spacial score (nSPS) is 24.4. The van der Waals surface area contributed by atoms with Gasteiger partial charge in [0.2, 0.25) is 10.0 Å². The minimum Gasteiger partial charge on any atom is -0.497 e. The van der Waals surface area contributed by atoms with E-state index in [9.17, 15) is 8.42 Å². The number of ether oxygens (including phenoxy) is 1. The lowest BCUT2D eigenvalue weighted by atomic mass is 10.1. The third-order valence-electron chi connectivity index (χ3n) is 5.60. The summed E-state index contributed by atoms with van der Waals surface area (Å²) in [6.07, 6.45) is 9.53. The molecule has 1 aromatic carbocycles. The summed E-state index contributed by atoms with van der Waals surface area (Å²) in [7, 11) is -0.106. The molecule has 2 aliphatic rings. The molecule has 1 aliphatic carbocycles. The van der Waals surface area contributed by atoms with Crippen LogP contribution in [-0.4, -0.2) is 62.4 Å². The number of methoxy groups -OCH3 is 1. The number of likely N-dealkylation sites (N-methyl/N-ethyl adjacent to an activating group) is 1. The molecule has 6 nitrogen and oxygen atoms in total. The van der Waals surface area contributed by atoms with Crippen molar-refractivity contribution in [3.8, 4) is 5.75 Å². The van der Waals surface area contributed by atoms with Crippen LogP contribution in [0.25, 0.3) is 6.08 Å². The number of hydroxylamine groups is 2. The number of hydrogen-bond donors (Lipinski definition) is 0. The van der Waals surface area contributed by atoms with Crippen molar-refractivity contribution >= 4 is 16.1 Å². The molecule has 0 spiro atoms. The molecular weight excluding hydrogens is 376 g/mol. The summed E-state index contributed by atoms with van der Waals surface area (Å²) >= 11 is 0. The Bertz CT molecular complexity index is 785. The Morgan fingerprint density at radius 3 is 2.57 bits per heavy atom. The first-order chi connectivity index (χ1) is 13.5. The van der Waals surface area contributed by atoms with E-state index in [1.165, 1.54) is 0 Å². The first kappa shape index (κ1) is 21.0. The molecule has 1 aromatic rings. The highest BCUT2D eigenvalue weighted by molar-refractivity contribution is 7.89. The van der Waals surface area contributed by atoms with E-state index >= 15 is 0 Å². The monoisotopic (exact) mass is 406 g/mol. The predicted molar refractivity (Wildman–Crippen MR) is 111 cm³/mol. The van der Waals surface area contributed by atoms with Gasteiger partial charge in [0.15, 0.2) is 0 Å². The largest absolute Gasteiger partial charge is 0.497 e. The van der Waals surface area contributed by atoms with Crippen molar-refractivity contribution in [2.45, 2.75) is 43.0 Å². The highest BCUT2D eigenvalue weighted by atomic mass is 32.2. The van der Waals surface area contributed by atoms with E-state index in [2.05, 4.69) is 6.58 Å². The molecule has 2 atom stereocenters. The maximum Gasteiger partial charge on any atom is 0.221 e. The molecular formula is C21H30N2O4S. The molecule has 1 saturated heterocycles. The molecule has 1 heterocycles. The van der Waals surface area contributed by atoms with Crippen molar-refractivity contribution in [1.82, 2.24) is 9.37 Å². The van der Waals surface area contributed by atoms with Crippen molar-refractivity contribution in [3.63, 3.8) is 0 Å². The van der Waals surface area contributed by atoms with Gasteiger partial charge in [0.05, 0.1) is 19.8 Å². The number of benzene rings is 1. The second-order valence-corrected chi connectivity index (χ2v) is 9.45. The standard InChI is InChI=1S/C21H30N2O4S/c1-4-15-23(18-7-5-6-8-18)28(24,25)21-16-27-22(2)20(21)14-11-17-9-12-19(26-3)13-10-17/h4,9-14,18,20-21H,1,5-8,15-16H2,2-3H3/b14-11+. The molecule has 0 N–H and O–H groups in total. The second kappa shape index (κ2) is 9.22. The van der Waals surface area contributed by atoms with Crippen molar-refractivity contribution in [1.29, 1.82) is 0 Å². The highest BCUT2D eigenvalue weighted by Crippen LogP contribution is 2.31. The van der Waals surface area contributed by atoms with Crippen LogP contribution in [0.4, 0.5) is 0 Å². The molecule has 1 aliphatic heterocycles. The molecule has 0 amide bonds. The van der Waals surface area contributed by atoms with Gasteiger partial charge < -0.3 is 4.74 Å². The maximum atomic E-state index is 13.5. The quantitative estimate of drug-likeness (QED) is 0.621. The molecule has 1 saturated carbocycles. The Morgan fingerprint density at radius 1 is 1.29 bits per heavy atom. The summed E-state index contributed by atoms with van der Waals surface area (Å²) in [5.41, 5.74) is 0.982. The number of sulfonamides is 1. The lowest BCUT2D eigenvalue weighted by Crippen LogP contribution is -2.48. The summed E-state index contributed by atoms with van der Waals surface area (Å²) in [6, 6.07) is 7.37. The first-order valence-corrected chi connectivity index (χ1v) is 11.3. The summed E-state index contributed by atoms with van der Waals surface area (Å²) < 4.78 is 33.8. The van der Waals surface area contributed by atoms with Crippen molar-refractivity contribution in [2.24, 2.45) is 0 Å². The molecule has 0 bridgehead atoms. The average molecular weight is 407 g/mol. The fourth-order valence-corrected chi connectivity index (χ4v) is 6.13. The Labute approximate surface area is 168 Å². The van der Waals surface area contributed by atoms with Gasteiger partial charge in [0.25, 0.3) is 0 Å². The number of rotatable bonds is 8. The van der Waals surface area contributed by atoms with E-state index in [0.717, 1.165) is 37.0 Å². The van der Waals surface area contributed by atoms with E-state index in [-0.39, 0.29) is 18.7 Å². The Hall–Kier alpha value is -1.67. The number of hydrogen-bond acceptors (Lipinski definition) is 5. The third kappa shape index (κ3) is 4.49. The summed E-state index contributed by atoms with van der Waals surface area (Å²) in [5, 5.41) is 1.01. The third-order valence-corrected chi connectivity index (χ3v) is 7.88. The second-order valence-electron chi connectivity index (χ2n) is 7.34. The Kier molecular flexibility index (Phi) is 6.93. The van der Waals surface area contributed by atoms with Crippen LogP contribution in [0.3, 0.4) is 0 Å². The maximum absolute atomic E-state index is 13.5. The topological polar surface area (TPSA) is 59.1 Å². The Balaban J connectivity index is 1.81. The minimum absolute atomic E-state index is 0.0696. The van der Waals surface area contributed by atoms with E-state index in [1.54, 1.807) is 29.6 Å². The van der Waals surface area contributed by atoms with Gasteiger partial charge in [-0.3, -0.25) is 4.84 Å². The van der Waals surface area contributed by atoms with Crippen LogP contribution in [0.15, 0.2) is 43.0 Å². The lowest BCUT2D eigenvalue weighted by molar-refractivity contribution is -0.100. The summed E-state index contributed by atoms with van der Waals surface area (Å²) in [4.78, 5) is 5.61. The fourth-order valence-electron chi connectivity index (χ4n) is 4.00. The zero-order chi connectivity index (χ0) is 20.1. The first-order valence-electron chi connectivity index (χ1n) is 9.77. The van der Waals surface area contributed by atoms with Crippen LogP contribution < -0.4 is 4.74 Å². The van der Waals surface area contributed by atoms with Crippen LogP contribution in [0.5, 0.6) is 5.75 Å². The van der Waals surface area contributed by atoms with Gasteiger partial charge in [-0.1, -0.05) is 43.2 Å². The van der Waals surface area contributed by atoms with Crippen LogP contribution >= 0.6 is 0 Å². The van der Waals surface area contributed by atoms with Crippen molar-refractivity contribution in [2.75, 3.05) is 27.3 Å². The van der Waals surface area contributed by atoms with E-state index in [0.29, 0.717) is 6.54 Å². The summed E-state index contributed by atoms with van der Waals surface area (Å²) in [5.74, 6) is 0.788. The minimum atomic E-state index is -3.52. The highest BCUT2D eigenvalue weighted by Gasteiger charge is 2.45. The molecule has 0 aromatic heterocycles. The van der Waals surface area contributed by atoms with Crippen LogP contribution in [-0.2, 0) is 14.9 Å². The molecule has 3 rings (SSSR count). The fraction of sp³-hybridized carbons (Fsp3) is 0.524. The summed E-state index contributed by atoms with van der Waals surface area (Å²) in [6.45, 7) is 4.28. The number of nitrogens with zero attached hydrogens (tertiary/aromatic N) is 2. The van der Waals surface area contributed by atoms with Gasteiger partial charge in [-0.2, -0.15) is 9.37 Å². The molecule has 2 fully saturated rings. The molecule has 28 heavy (non-hydrogen) atoms. The van der Waals surface area contributed by atoms with Crippen LogP contribution in [0.2, 0.25) is 0 Å². The van der Waals surface area contributed by atoms with Gasteiger partial charge in [-0.05, 0) is 30.5 Å². The van der Waals surface area contributed by atoms with Gasteiger partial charge in [-0.15, -0.1) is 6.58 Å². The average Bonchev–Trinajstić information content (AvgIpc) is 3.35. The molecule has 2 unspecified atom stereocenters. The predicted octanol–water partition coefficient (Wildman–Crippen LogP) is 3.08. The van der Waals surface area contributed by atoms with Gasteiger partial charge >= 0.3 is 0 Å². The smallest absolute Gasteiger partial charge is 0.221 e. The van der Waals surface area contributed by atoms with E-state index in [1.807, 2.05) is 36.4 Å². The Morgan fingerprint density at radius 2 is 1.96 bits per heavy atom. The van der Waals surface area contributed by atoms with Crippen molar-refractivity contribution < 1.29 is 18.0 Å². The van der Waals surface area contributed by atoms with Gasteiger partial charge in [-0.25, -0.2) is 8.42 Å².